The van der Waals surface area contributed by atoms with Crippen molar-refractivity contribution in [3.05, 3.63) is 82.5 Å². The summed E-state index contributed by atoms with van der Waals surface area (Å²) in [6.07, 6.45) is -1.00. The van der Waals surface area contributed by atoms with Gasteiger partial charge < -0.3 is 66.4 Å². The van der Waals surface area contributed by atoms with Gasteiger partial charge in [0, 0.05) is 77.9 Å². The van der Waals surface area contributed by atoms with Crippen molar-refractivity contribution < 1.29 is 53.9 Å². The topological polar surface area (TPSA) is 296 Å². The molecule has 0 aliphatic carbocycles. The van der Waals surface area contributed by atoms with E-state index in [1.54, 1.807) is 36.1 Å². The fraction of sp³-hybridized carbons (Fsp3) is 0.540. The van der Waals surface area contributed by atoms with Gasteiger partial charge in [0.15, 0.2) is 5.82 Å². The summed E-state index contributed by atoms with van der Waals surface area (Å²) in [6.45, 7) is 11.4. The SMILES string of the molecule is CCCCCNc1nc(N)nc2ccn(Cc3ccc(CN4CCN(C(=O)OCc5ccc(C(NC(=O)C(C)CNC(=O)CCNC(=O)CC(C)C(=O)O)C6OC[C@@H](O)[C@@H](O)[C@H]6O)cc5)CC4)cc3C)c12. The number of fused-ring (bicyclic) bond motifs is 1. The molecule has 4 amide bonds. The second kappa shape index (κ2) is 25.6. The molecule has 4 aromatic rings. The van der Waals surface area contributed by atoms with E-state index in [0.29, 0.717) is 43.9 Å². The van der Waals surface area contributed by atoms with E-state index < -0.39 is 72.1 Å². The second-order valence-corrected chi connectivity index (χ2v) is 18.6. The van der Waals surface area contributed by atoms with Crippen molar-refractivity contribution in [3.63, 3.8) is 0 Å². The minimum atomic E-state index is -1.56. The number of hydrogen-bond acceptors (Lipinski definition) is 15. The highest BCUT2D eigenvalue weighted by Gasteiger charge is 2.43. The summed E-state index contributed by atoms with van der Waals surface area (Å²) in [5, 5.41) is 52.0. The number of benzene rings is 2. The van der Waals surface area contributed by atoms with Gasteiger partial charge in [0.25, 0.3) is 0 Å². The average molecular weight is 987 g/mol. The number of nitrogens with one attached hydrogen (secondary N) is 4. The molecule has 4 heterocycles. The Kier molecular flexibility index (Phi) is 19.5. The van der Waals surface area contributed by atoms with Gasteiger partial charge in [0.1, 0.15) is 36.5 Å². The van der Waals surface area contributed by atoms with Crippen LogP contribution in [0.5, 0.6) is 0 Å². The number of hydrogen-bond donors (Lipinski definition) is 9. The van der Waals surface area contributed by atoms with Crippen LogP contribution in [-0.4, -0.2) is 151 Å². The number of carboxylic acid groups (broad SMARTS) is 1. The molecule has 0 spiro atoms. The summed E-state index contributed by atoms with van der Waals surface area (Å²) in [5.41, 5.74) is 12.5. The van der Waals surface area contributed by atoms with Crippen molar-refractivity contribution in [2.24, 2.45) is 11.8 Å². The van der Waals surface area contributed by atoms with Crippen molar-refractivity contribution in [3.8, 4) is 0 Å². The van der Waals surface area contributed by atoms with Crippen LogP contribution in [0.15, 0.2) is 54.7 Å². The molecule has 2 fully saturated rings. The summed E-state index contributed by atoms with van der Waals surface area (Å²) in [7, 11) is 0. The number of amides is 4. The number of nitrogen functional groups attached to an aromatic ring is 1. The molecule has 7 atom stereocenters. The Balaban J connectivity index is 0.969. The number of aliphatic carboxylic acids is 1. The van der Waals surface area contributed by atoms with E-state index in [9.17, 15) is 39.3 Å². The van der Waals surface area contributed by atoms with Crippen LogP contribution in [0.25, 0.3) is 11.0 Å². The van der Waals surface area contributed by atoms with Crippen LogP contribution < -0.4 is 27.0 Å². The number of aliphatic hydroxyl groups is 3. The third kappa shape index (κ3) is 15.1. The lowest BCUT2D eigenvalue weighted by Crippen LogP contribution is -2.57. The van der Waals surface area contributed by atoms with Gasteiger partial charge >= 0.3 is 12.1 Å². The predicted octanol–water partition coefficient (Wildman–Crippen LogP) is 2.43. The third-order valence-corrected chi connectivity index (χ3v) is 13.0. The first-order valence-corrected chi connectivity index (χ1v) is 24.4. The van der Waals surface area contributed by atoms with Gasteiger partial charge in [-0.2, -0.15) is 4.98 Å². The summed E-state index contributed by atoms with van der Waals surface area (Å²) >= 11 is 0. The average Bonchev–Trinajstić information content (AvgIpc) is 3.75. The maximum atomic E-state index is 13.5. The fourth-order valence-corrected chi connectivity index (χ4v) is 8.56. The lowest BCUT2D eigenvalue weighted by atomic mass is 9.90. The second-order valence-electron chi connectivity index (χ2n) is 18.6. The minimum Gasteiger partial charge on any atom is -0.481 e. The van der Waals surface area contributed by atoms with Crippen molar-refractivity contribution in [2.75, 3.05) is 63.5 Å². The molecule has 2 aliphatic rings. The summed E-state index contributed by atoms with van der Waals surface area (Å²) in [6, 6.07) is 14.3. The van der Waals surface area contributed by atoms with Gasteiger partial charge in [-0.3, -0.25) is 24.1 Å². The van der Waals surface area contributed by atoms with E-state index in [1.807, 2.05) is 12.3 Å². The number of unbranched alkanes of at least 4 members (excludes halogenated alkanes) is 2. The molecule has 21 nitrogen and oxygen atoms in total. The highest BCUT2D eigenvalue weighted by molar-refractivity contribution is 5.88. The Labute approximate surface area is 413 Å². The van der Waals surface area contributed by atoms with Crippen molar-refractivity contribution in [2.45, 2.75) is 110 Å². The van der Waals surface area contributed by atoms with Crippen LogP contribution in [0, 0.1) is 18.8 Å². The standard InChI is InChI=1S/C50H70N10O11/c1-5-6-7-16-53-46-42-37(55-49(51)57-46)15-18-60(42)27-36-13-10-34(23-30(36)2)26-58-19-21-59(22-20-58)50(69)71-28-33-8-11-35(12-9-33)41(45-44(65)43(64)38(61)29-70-45)56-47(66)32(4)25-54-39(62)14-17-52-40(63)24-31(3)48(67)68/h8-13,15,18,23,31-32,38,41,43-45,61,64-65H,5-7,14,16-17,19-22,24-29H2,1-4H3,(H,52,63)(H,54,62)(H,56,66)(H,67,68)(H3,51,53,55,57)/t31?,32?,38-,41?,43-,44-,45?/m1/s1. The van der Waals surface area contributed by atoms with Gasteiger partial charge in [-0.15, -0.1) is 0 Å². The predicted molar refractivity (Wildman–Crippen MR) is 264 cm³/mol. The summed E-state index contributed by atoms with van der Waals surface area (Å²) in [5.74, 6) is -3.19. The molecule has 2 aliphatic heterocycles. The molecular weight excluding hydrogens is 917 g/mol. The molecule has 6 rings (SSSR count). The molecule has 0 radical (unpaired) electrons. The molecule has 2 aromatic heterocycles. The van der Waals surface area contributed by atoms with Crippen molar-refractivity contribution >= 4 is 52.6 Å². The number of nitrogens with two attached hydrogens (primary N) is 1. The maximum absolute atomic E-state index is 13.5. The fourth-order valence-electron chi connectivity index (χ4n) is 8.56. The zero-order valence-electron chi connectivity index (χ0n) is 41.0. The van der Waals surface area contributed by atoms with Crippen LogP contribution in [0.1, 0.15) is 86.7 Å². The number of anilines is 2. The maximum Gasteiger partial charge on any atom is 0.410 e. The van der Waals surface area contributed by atoms with Gasteiger partial charge in [-0.1, -0.05) is 76.1 Å². The van der Waals surface area contributed by atoms with E-state index in [2.05, 4.69) is 72.7 Å². The molecule has 4 unspecified atom stereocenters. The number of aliphatic hydroxyl groups excluding tert-OH is 3. The number of carbonyl (C=O) groups is 5. The largest absolute Gasteiger partial charge is 0.481 e. The first kappa shape index (κ1) is 54.0. The van der Waals surface area contributed by atoms with Crippen LogP contribution in [0.2, 0.25) is 0 Å². The summed E-state index contributed by atoms with van der Waals surface area (Å²) < 4.78 is 13.6. The molecule has 2 saturated heterocycles. The lowest BCUT2D eigenvalue weighted by Gasteiger charge is -2.40. The Morgan fingerprint density at radius 3 is 2.31 bits per heavy atom. The zero-order valence-corrected chi connectivity index (χ0v) is 41.0. The highest BCUT2D eigenvalue weighted by atomic mass is 16.6. The van der Waals surface area contributed by atoms with Crippen molar-refractivity contribution in [1.82, 2.24) is 40.3 Å². The van der Waals surface area contributed by atoms with E-state index in [0.717, 1.165) is 49.2 Å². The van der Waals surface area contributed by atoms with E-state index in [4.69, 9.17) is 20.3 Å². The molecule has 21 heteroatoms. The van der Waals surface area contributed by atoms with Crippen LogP contribution >= 0.6 is 0 Å². The van der Waals surface area contributed by atoms with Crippen LogP contribution in [0.3, 0.4) is 0 Å². The van der Waals surface area contributed by atoms with Crippen LogP contribution in [-0.2, 0) is 48.3 Å². The van der Waals surface area contributed by atoms with E-state index in [1.165, 1.54) is 23.6 Å². The first-order valence-electron chi connectivity index (χ1n) is 24.4. The lowest BCUT2D eigenvalue weighted by molar-refractivity contribution is -0.195. The summed E-state index contributed by atoms with van der Waals surface area (Å²) in [4.78, 5) is 75.0. The highest BCUT2D eigenvalue weighted by Crippen LogP contribution is 2.29. The molecule has 386 valence electrons. The molecule has 10 N–H and O–H groups in total. The van der Waals surface area contributed by atoms with E-state index >= 15 is 0 Å². The first-order chi connectivity index (χ1) is 34.0. The Morgan fingerprint density at radius 2 is 1.61 bits per heavy atom. The van der Waals surface area contributed by atoms with E-state index in [-0.39, 0.29) is 45.1 Å². The van der Waals surface area contributed by atoms with Gasteiger partial charge in [-0.25, -0.2) is 9.78 Å². The van der Waals surface area contributed by atoms with Gasteiger partial charge in [-0.05, 0) is 47.2 Å². The molecule has 0 saturated carbocycles. The molecule has 0 bridgehead atoms. The van der Waals surface area contributed by atoms with Crippen LogP contribution in [0.4, 0.5) is 16.6 Å². The third-order valence-electron chi connectivity index (χ3n) is 13.0. The molecular formula is C50H70N10O11. The number of aryl methyl sites for hydroxylation is 1. The van der Waals surface area contributed by atoms with Crippen molar-refractivity contribution in [1.29, 1.82) is 0 Å². The quantitative estimate of drug-likeness (QED) is 0.0483. The number of carbonyl (C=O) groups excluding carboxylic acids is 4. The monoisotopic (exact) mass is 987 g/mol. The normalized spacial score (nSPS) is 19.6. The smallest absolute Gasteiger partial charge is 0.410 e. The number of ether oxygens (including phenoxy) is 2. The Bertz CT molecular complexity index is 2440. The Hall–Kier alpha value is -6.39. The number of aromatic nitrogens is 3. The minimum absolute atomic E-state index is 0.0175. The van der Waals surface area contributed by atoms with Gasteiger partial charge in [0.2, 0.25) is 23.7 Å². The number of carboxylic acids is 1. The number of nitrogens with zero attached hydrogens (tertiary/aromatic N) is 5. The molecule has 2 aromatic carbocycles. The number of piperazine rings is 1. The van der Waals surface area contributed by atoms with Gasteiger partial charge in [0.05, 0.1) is 30.0 Å². The number of rotatable bonds is 23. The Morgan fingerprint density at radius 1 is 0.873 bits per heavy atom. The zero-order chi connectivity index (χ0) is 51.2. The molecule has 71 heavy (non-hydrogen) atoms.